The van der Waals surface area contributed by atoms with Crippen LogP contribution in [0.4, 0.5) is 4.39 Å². The van der Waals surface area contributed by atoms with Crippen LogP contribution in [0.15, 0.2) is 18.2 Å². The van der Waals surface area contributed by atoms with Crippen LogP contribution in [0, 0.1) is 12.7 Å². The molecule has 3 rings (SSSR count). The van der Waals surface area contributed by atoms with Crippen LogP contribution in [0.5, 0.6) is 0 Å². The third kappa shape index (κ3) is 3.95. The van der Waals surface area contributed by atoms with Gasteiger partial charge in [-0.3, -0.25) is 0 Å². The fraction of sp³-hybridized carbons (Fsp3) is 0.619. The summed E-state index contributed by atoms with van der Waals surface area (Å²) in [4.78, 5) is 0. The molecule has 28 heavy (non-hydrogen) atoms. The molecule has 0 radical (unpaired) electrons. The lowest BCUT2D eigenvalue weighted by Gasteiger charge is -2.32. The quantitative estimate of drug-likeness (QED) is 0.516. The van der Waals surface area contributed by atoms with E-state index in [4.69, 9.17) is 14.0 Å². The lowest BCUT2D eigenvalue weighted by molar-refractivity contribution is 0.00578. The summed E-state index contributed by atoms with van der Waals surface area (Å²) in [6.45, 7) is 18.1. The number of ether oxygens (including phenoxy) is 1. The molecule has 0 bridgehead atoms. The maximum Gasteiger partial charge on any atom is 0.497 e. The highest BCUT2D eigenvalue weighted by Crippen LogP contribution is 2.37. The van der Waals surface area contributed by atoms with Gasteiger partial charge in [-0.2, -0.15) is 0 Å². The number of rotatable bonds is 6. The molecular formula is C21H33BFNO3Si. The van der Waals surface area contributed by atoms with E-state index in [1.54, 1.807) is 6.07 Å². The second kappa shape index (κ2) is 7.27. The summed E-state index contributed by atoms with van der Waals surface area (Å²) in [5.74, 6) is -0.253. The van der Waals surface area contributed by atoms with Gasteiger partial charge >= 0.3 is 7.12 Å². The predicted octanol–water partition coefficient (Wildman–Crippen LogP) is 4.70. The van der Waals surface area contributed by atoms with Gasteiger partial charge in [-0.1, -0.05) is 31.8 Å². The lowest BCUT2D eigenvalue weighted by Crippen LogP contribution is -2.41. The highest BCUT2D eigenvalue weighted by atomic mass is 28.3. The van der Waals surface area contributed by atoms with Crippen molar-refractivity contribution < 1.29 is 18.4 Å². The normalized spacial score (nSPS) is 19.0. The standard InChI is InChI=1S/C21H33BFNO3Si/c1-15-18(22-26-20(2,3)21(4,5)27-22)16-10-9-11-17(23)19(16)24(15)14-25-12-13-28(6,7)8/h9-11H,12-14H2,1-8H3. The molecule has 2 aromatic rings. The molecular weight excluding hydrogens is 372 g/mol. The molecule has 1 saturated heterocycles. The summed E-state index contributed by atoms with van der Waals surface area (Å²) < 4.78 is 35.2. The molecule has 0 aliphatic carbocycles. The predicted molar refractivity (Wildman–Crippen MR) is 116 cm³/mol. The number of hydrogen-bond donors (Lipinski definition) is 0. The Balaban J connectivity index is 1.97. The van der Waals surface area contributed by atoms with E-state index in [1.165, 1.54) is 6.07 Å². The first kappa shape index (κ1) is 21.6. The number of halogens is 1. The van der Waals surface area contributed by atoms with Gasteiger partial charge in [-0.15, -0.1) is 0 Å². The molecule has 1 aliphatic heterocycles. The van der Waals surface area contributed by atoms with E-state index >= 15 is 0 Å². The van der Waals surface area contributed by atoms with Gasteiger partial charge in [-0.05, 0) is 46.7 Å². The second-order valence-electron chi connectivity index (χ2n) is 10.00. The molecule has 0 N–H and O–H groups in total. The number of nitrogens with zero attached hydrogens (tertiary/aromatic N) is 1. The zero-order valence-corrected chi connectivity index (χ0v) is 19.5. The van der Waals surface area contributed by atoms with E-state index in [1.807, 2.05) is 45.3 Å². The average molecular weight is 405 g/mol. The molecule has 0 saturated carbocycles. The van der Waals surface area contributed by atoms with Crippen molar-refractivity contribution in [1.29, 1.82) is 0 Å². The Labute approximate surface area is 169 Å². The Kier molecular flexibility index (Phi) is 5.60. The molecule has 0 atom stereocenters. The average Bonchev–Trinajstić information content (AvgIpc) is 2.93. The summed E-state index contributed by atoms with van der Waals surface area (Å²) >= 11 is 0. The zero-order chi connectivity index (χ0) is 20.9. The number of para-hydroxylation sites is 1. The molecule has 0 unspecified atom stereocenters. The van der Waals surface area contributed by atoms with Gasteiger partial charge in [0, 0.05) is 31.2 Å². The van der Waals surface area contributed by atoms with Crippen molar-refractivity contribution in [2.45, 2.75) is 78.2 Å². The summed E-state index contributed by atoms with van der Waals surface area (Å²) in [6, 6.07) is 6.25. The van der Waals surface area contributed by atoms with Gasteiger partial charge in [0.2, 0.25) is 0 Å². The summed E-state index contributed by atoms with van der Waals surface area (Å²) in [5, 5.41) is 0.824. The van der Waals surface area contributed by atoms with Crippen LogP contribution in [0.2, 0.25) is 25.7 Å². The van der Waals surface area contributed by atoms with E-state index in [0.29, 0.717) is 18.9 Å². The fourth-order valence-corrected chi connectivity index (χ4v) is 4.23. The van der Waals surface area contributed by atoms with E-state index in [-0.39, 0.29) is 5.82 Å². The monoisotopic (exact) mass is 405 g/mol. The number of hydrogen-bond acceptors (Lipinski definition) is 3. The Morgan fingerprint density at radius 3 is 2.29 bits per heavy atom. The molecule has 1 fully saturated rings. The first-order valence-electron chi connectivity index (χ1n) is 10.0. The van der Waals surface area contributed by atoms with Crippen LogP contribution in [0.25, 0.3) is 10.9 Å². The van der Waals surface area contributed by atoms with Crippen LogP contribution in [-0.2, 0) is 20.8 Å². The van der Waals surface area contributed by atoms with Gasteiger partial charge in [0.15, 0.2) is 0 Å². The van der Waals surface area contributed by atoms with Crippen molar-refractivity contribution in [3.8, 4) is 0 Å². The molecule has 2 heterocycles. The van der Waals surface area contributed by atoms with Crippen molar-refractivity contribution >= 4 is 31.6 Å². The van der Waals surface area contributed by atoms with Gasteiger partial charge in [0.25, 0.3) is 0 Å². The maximum absolute atomic E-state index is 14.8. The highest BCUT2D eigenvalue weighted by molar-refractivity contribution is 6.76. The molecule has 154 valence electrons. The van der Waals surface area contributed by atoms with Crippen molar-refractivity contribution in [2.75, 3.05) is 6.61 Å². The van der Waals surface area contributed by atoms with Crippen LogP contribution < -0.4 is 5.46 Å². The topological polar surface area (TPSA) is 32.6 Å². The van der Waals surface area contributed by atoms with Crippen LogP contribution >= 0.6 is 0 Å². The van der Waals surface area contributed by atoms with E-state index < -0.39 is 26.4 Å². The first-order chi connectivity index (χ1) is 12.8. The van der Waals surface area contributed by atoms with E-state index in [0.717, 1.165) is 22.6 Å². The minimum absolute atomic E-state index is 0.253. The SMILES string of the molecule is Cc1c(B2OC(C)(C)C(C)(C)O2)c2cccc(F)c2n1COCC[Si](C)(C)C. The van der Waals surface area contributed by atoms with Crippen LogP contribution in [-0.4, -0.2) is 37.6 Å². The van der Waals surface area contributed by atoms with Gasteiger partial charge < -0.3 is 18.6 Å². The van der Waals surface area contributed by atoms with Crippen molar-refractivity contribution in [3.05, 3.63) is 29.7 Å². The Morgan fingerprint density at radius 1 is 1.11 bits per heavy atom. The maximum atomic E-state index is 14.8. The minimum atomic E-state index is -1.17. The molecule has 0 amide bonds. The van der Waals surface area contributed by atoms with E-state index in [2.05, 4.69) is 19.6 Å². The number of aromatic nitrogens is 1. The largest absolute Gasteiger partial charge is 0.497 e. The van der Waals surface area contributed by atoms with Crippen molar-refractivity contribution in [3.63, 3.8) is 0 Å². The minimum Gasteiger partial charge on any atom is -0.399 e. The highest BCUT2D eigenvalue weighted by Gasteiger charge is 2.53. The molecule has 0 spiro atoms. The Bertz CT molecular complexity index is 857. The number of fused-ring (bicyclic) bond motifs is 1. The molecule has 1 aromatic carbocycles. The Morgan fingerprint density at radius 2 is 1.71 bits per heavy atom. The summed E-state index contributed by atoms with van der Waals surface area (Å²) in [5.41, 5.74) is 1.48. The zero-order valence-electron chi connectivity index (χ0n) is 18.5. The first-order valence-corrected chi connectivity index (χ1v) is 13.8. The summed E-state index contributed by atoms with van der Waals surface area (Å²) in [7, 11) is -1.70. The fourth-order valence-electron chi connectivity index (χ4n) is 3.47. The van der Waals surface area contributed by atoms with Gasteiger partial charge in [0.1, 0.15) is 12.5 Å². The Hall–Kier alpha value is -1.15. The molecule has 7 heteroatoms. The molecule has 4 nitrogen and oxygen atoms in total. The van der Waals surface area contributed by atoms with Crippen molar-refractivity contribution in [2.24, 2.45) is 0 Å². The molecule has 1 aromatic heterocycles. The number of benzene rings is 1. The van der Waals surface area contributed by atoms with Crippen LogP contribution in [0.3, 0.4) is 0 Å². The van der Waals surface area contributed by atoms with Crippen molar-refractivity contribution in [1.82, 2.24) is 4.57 Å². The van der Waals surface area contributed by atoms with Gasteiger partial charge in [0.05, 0.1) is 16.7 Å². The smallest absolute Gasteiger partial charge is 0.399 e. The summed E-state index contributed by atoms with van der Waals surface area (Å²) in [6.07, 6.45) is 0. The lowest BCUT2D eigenvalue weighted by atomic mass is 9.77. The third-order valence-electron chi connectivity index (χ3n) is 6.05. The molecule has 1 aliphatic rings. The van der Waals surface area contributed by atoms with E-state index in [9.17, 15) is 4.39 Å². The third-order valence-corrected chi connectivity index (χ3v) is 7.75. The second-order valence-corrected chi connectivity index (χ2v) is 15.6. The van der Waals surface area contributed by atoms with Crippen LogP contribution in [0.1, 0.15) is 33.4 Å². The van der Waals surface area contributed by atoms with Gasteiger partial charge in [-0.25, -0.2) is 4.39 Å².